The quantitative estimate of drug-likeness (QED) is 0.720. The van der Waals surface area contributed by atoms with Gasteiger partial charge in [-0.05, 0) is 37.5 Å². The zero-order valence-electron chi connectivity index (χ0n) is 15.9. The highest BCUT2D eigenvalue weighted by Gasteiger charge is 2.44. The summed E-state index contributed by atoms with van der Waals surface area (Å²) in [6.07, 6.45) is 0.215. The lowest BCUT2D eigenvalue weighted by Gasteiger charge is -2.47. The van der Waals surface area contributed by atoms with Crippen LogP contribution >= 0.6 is 34.8 Å². The number of nitrogens with zero attached hydrogens (tertiary/aromatic N) is 2. The van der Waals surface area contributed by atoms with Crippen LogP contribution in [-0.4, -0.2) is 38.4 Å². The van der Waals surface area contributed by atoms with Gasteiger partial charge in [-0.3, -0.25) is 14.5 Å². The molecule has 29 heavy (non-hydrogen) atoms. The summed E-state index contributed by atoms with van der Waals surface area (Å²) in [7, 11) is 0. The lowest BCUT2D eigenvalue weighted by molar-refractivity contribution is 0.0586. The molecule has 154 valence electrons. The van der Waals surface area contributed by atoms with Gasteiger partial charge >= 0.3 is 0 Å². The lowest BCUT2D eigenvalue weighted by atomic mass is 9.83. The number of aryl methyl sites for hydroxylation is 1. The Labute approximate surface area is 184 Å². The Balaban J connectivity index is 1.58. The minimum absolute atomic E-state index is 0.0243. The van der Waals surface area contributed by atoms with Crippen LogP contribution in [0, 0.1) is 12.8 Å². The molecule has 0 aliphatic carbocycles. The summed E-state index contributed by atoms with van der Waals surface area (Å²) in [6.45, 7) is 3.85. The molecular weight excluding hydrogens is 433 g/mol. The first kappa shape index (κ1) is 20.7. The molecule has 2 aliphatic heterocycles. The zero-order valence-corrected chi connectivity index (χ0v) is 18.2. The van der Waals surface area contributed by atoms with Crippen molar-refractivity contribution in [1.82, 2.24) is 14.8 Å². The molecule has 1 aromatic carbocycles. The van der Waals surface area contributed by atoms with E-state index in [9.17, 15) is 9.59 Å². The van der Waals surface area contributed by atoms with Crippen molar-refractivity contribution < 1.29 is 4.79 Å². The van der Waals surface area contributed by atoms with Gasteiger partial charge in [-0.1, -0.05) is 58.6 Å². The van der Waals surface area contributed by atoms with Gasteiger partial charge in [-0.15, -0.1) is 0 Å². The first-order valence-electron chi connectivity index (χ1n) is 9.60. The molecule has 0 radical (unpaired) electrons. The molecule has 4 rings (SSSR count). The molecule has 2 aromatic rings. The van der Waals surface area contributed by atoms with E-state index < -0.39 is 9.96 Å². The van der Waals surface area contributed by atoms with Crippen LogP contribution in [0.25, 0.3) is 0 Å². The summed E-state index contributed by atoms with van der Waals surface area (Å²) in [5.74, 6) is 0.128. The number of alkyl halides is 3. The maximum Gasteiger partial charge on any atom is 0.252 e. The number of benzene rings is 1. The maximum absolute atomic E-state index is 12.8. The van der Waals surface area contributed by atoms with Crippen molar-refractivity contribution in [1.29, 1.82) is 0 Å². The summed E-state index contributed by atoms with van der Waals surface area (Å²) in [5.41, 5.74) is 2.61. The van der Waals surface area contributed by atoms with Gasteiger partial charge in [0.05, 0.1) is 0 Å². The first-order valence-corrected chi connectivity index (χ1v) is 10.7. The van der Waals surface area contributed by atoms with Crippen molar-refractivity contribution in [3.63, 3.8) is 0 Å². The standard InChI is InChI=1S/C21H22Cl3N3O2/c1-13-5-7-15(8-6-13)19(29)25-20(21(22,23)24)26-10-14-9-16(12-26)17-3-2-4-18(28)27(17)11-14/h2-8,14,16,20H,9-12H2,1H3,(H,25,29)/t14-,16+,20+/m1/s1. The van der Waals surface area contributed by atoms with E-state index in [4.69, 9.17) is 34.8 Å². The molecule has 1 saturated heterocycles. The molecule has 1 fully saturated rings. The largest absolute Gasteiger partial charge is 0.332 e. The van der Waals surface area contributed by atoms with E-state index in [2.05, 4.69) is 5.32 Å². The van der Waals surface area contributed by atoms with E-state index in [1.165, 1.54) is 0 Å². The molecular formula is C21H22Cl3N3O2. The summed E-state index contributed by atoms with van der Waals surface area (Å²) >= 11 is 18.9. The van der Waals surface area contributed by atoms with Crippen molar-refractivity contribution in [2.75, 3.05) is 13.1 Å². The van der Waals surface area contributed by atoms with E-state index in [0.717, 1.165) is 17.7 Å². The van der Waals surface area contributed by atoms with Crippen LogP contribution < -0.4 is 10.9 Å². The number of piperidine rings is 1. The highest BCUT2D eigenvalue weighted by Crippen LogP contribution is 2.39. The summed E-state index contributed by atoms with van der Waals surface area (Å²) in [4.78, 5) is 27.0. The maximum atomic E-state index is 12.8. The Morgan fingerprint density at radius 1 is 1.10 bits per heavy atom. The van der Waals surface area contributed by atoms with Crippen LogP contribution in [0.15, 0.2) is 47.3 Å². The van der Waals surface area contributed by atoms with Crippen LogP contribution in [0.5, 0.6) is 0 Å². The van der Waals surface area contributed by atoms with Crippen LogP contribution in [0.1, 0.15) is 34.0 Å². The monoisotopic (exact) mass is 453 g/mol. The lowest BCUT2D eigenvalue weighted by Crippen LogP contribution is -2.60. The highest BCUT2D eigenvalue weighted by atomic mass is 35.6. The average Bonchev–Trinajstić information content (AvgIpc) is 2.66. The number of likely N-dealkylation sites (tertiary alicyclic amines) is 1. The van der Waals surface area contributed by atoms with Gasteiger partial charge in [0.1, 0.15) is 6.17 Å². The van der Waals surface area contributed by atoms with E-state index in [0.29, 0.717) is 25.2 Å². The molecule has 1 amide bonds. The number of amides is 1. The number of rotatable bonds is 3. The molecule has 2 bridgehead atoms. The number of carbonyl (C=O) groups is 1. The fourth-order valence-corrected chi connectivity index (χ4v) is 5.01. The van der Waals surface area contributed by atoms with Crippen molar-refractivity contribution in [3.05, 3.63) is 69.6 Å². The number of fused-ring (bicyclic) bond motifs is 4. The Morgan fingerprint density at radius 2 is 1.83 bits per heavy atom. The normalized spacial score (nSPS) is 22.6. The SMILES string of the molecule is Cc1ccc(C(=O)N[C@@H](N2C[C@H]3C[C@@H](C2)c2cccc(=O)n2C3)C(Cl)(Cl)Cl)cc1. The highest BCUT2D eigenvalue weighted by molar-refractivity contribution is 6.68. The van der Waals surface area contributed by atoms with Gasteiger partial charge in [-0.2, -0.15) is 0 Å². The minimum atomic E-state index is -1.69. The second-order valence-electron chi connectivity index (χ2n) is 7.94. The number of nitrogens with one attached hydrogen (secondary N) is 1. The van der Waals surface area contributed by atoms with Gasteiger partial charge in [0.15, 0.2) is 0 Å². The van der Waals surface area contributed by atoms with Crippen molar-refractivity contribution in [3.8, 4) is 0 Å². The van der Waals surface area contributed by atoms with E-state index in [-0.39, 0.29) is 23.3 Å². The third-order valence-corrected chi connectivity index (χ3v) is 6.38. The molecule has 1 N–H and O–H groups in total. The fourth-order valence-electron chi connectivity index (χ4n) is 4.44. The summed E-state index contributed by atoms with van der Waals surface area (Å²) in [5, 5.41) is 2.91. The molecule has 0 saturated carbocycles. The van der Waals surface area contributed by atoms with E-state index in [1.807, 2.05) is 34.6 Å². The Bertz CT molecular complexity index is 968. The smallest absolute Gasteiger partial charge is 0.252 e. The number of pyridine rings is 1. The predicted octanol–water partition coefficient (Wildman–Crippen LogP) is 3.70. The van der Waals surface area contributed by atoms with Crippen LogP contribution in [0.4, 0.5) is 0 Å². The Kier molecular flexibility index (Phi) is 5.68. The number of halogens is 3. The van der Waals surface area contributed by atoms with Gasteiger partial charge in [0, 0.05) is 42.9 Å². The number of carbonyl (C=O) groups excluding carboxylic acids is 1. The van der Waals surface area contributed by atoms with Crippen LogP contribution in [0.2, 0.25) is 0 Å². The third-order valence-electron chi connectivity index (χ3n) is 5.76. The van der Waals surface area contributed by atoms with Crippen LogP contribution in [-0.2, 0) is 6.54 Å². The second kappa shape index (κ2) is 7.95. The van der Waals surface area contributed by atoms with Crippen molar-refractivity contribution >= 4 is 40.7 Å². The molecule has 5 nitrogen and oxygen atoms in total. The third kappa shape index (κ3) is 4.33. The van der Waals surface area contributed by atoms with E-state index in [1.54, 1.807) is 24.3 Å². The molecule has 8 heteroatoms. The van der Waals surface area contributed by atoms with Gasteiger partial charge in [0.25, 0.3) is 11.5 Å². The average molecular weight is 455 g/mol. The van der Waals surface area contributed by atoms with Gasteiger partial charge < -0.3 is 9.88 Å². The van der Waals surface area contributed by atoms with Crippen LogP contribution in [0.3, 0.4) is 0 Å². The first-order chi connectivity index (χ1) is 13.7. The molecule has 0 spiro atoms. The minimum Gasteiger partial charge on any atom is -0.332 e. The number of hydrogen-bond acceptors (Lipinski definition) is 3. The zero-order chi connectivity index (χ0) is 20.8. The van der Waals surface area contributed by atoms with Crippen molar-refractivity contribution in [2.45, 2.75) is 35.8 Å². The Morgan fingerprint density at radius 3 is 2.52 bits per heavy atom. The van der Waals surface area contributed by atoms with Gasteiger partial charge in [-0.25, -0.2) is 0 Å². The fraction of sp³-hybridized carbons (Fsp3) is 0.429. The number of aromatic nitrogens is 1. The second-order valence-corrected chi connectivity index (χ2v) is 10.3. The number of hydrogen-bond donors (Lipinski definition) is 1. The molecule has 0 unspecified atom stereocenters. The van der Waals surface area contributed by atoms with Gasteiger partial charge in [0.2, 0.25) is 3.79 Å². The molecule has 2 aliphatic rings. The Hall–Kier alpha value is -1.53. The predicted molar refractivity (Wildman–Crippen MR) is 116 cm³/mol. The van der Waals surface area contributed by atoms with E-state index >= 15 is 0 Å². The summed E-state index contributed by atoms with van der Waals surface area (Å²) < 4.78 is 0.160. The summed E-state index contributed by atoms with van der Waals surface area (Å²) in [6, 6.07) is 12.6. The van der Waals surface area contributed by atoms with Crippen molar-refractivity contribution in [2.24, 2.45) is 5.92 Å². The molecule has 3 heterocycles. The topological polar surface area (TPSA) is 54.3 Å². The molecule has 3 atom stereocenters. The molecule has 1 aromatic heterocycles.